The second kappa shape index (κ2) is 7.12. The number of amides is 1. The molecule has 0 spiro atoms. The van der Waals surface area contributed by atoms with Crippen molar-refractivity contribution in [2.75, 3.05) is 18.6 Å². The highest BCUT2D eigenvalue weighted by atomic mass is 19.1. The molecule has 8 heteroatoms. The molecule has 0 radical (unpaired) electrons. The number of methoxy groups -OCH3 is 1. The Balaban J connectivity index is 1.69. The molecule has 29 heavy (non-hydrogen) atoms. The maximum atomic E-state index is 14.9. The van der Waals surface area contributed by atoms with Gasteiger partial charge in [-0.3, -0.25) is 24.6 Å². The molecule has 1 heterocycles. The maximum Gasteiger partial charge on any atom is 0.262 e. The zero-order valence-corrected chi connectivity index (χ0v) is 15.6. The number of Topliss-reactive ketones (excluding diaryl/α,β-unsaturated/α-hetero) is 1. The number of nitro groups is 1. The number of hydrogen-bond acceptors (Lipinski definition) is 5. The monoisotopic (exact) mass is 396 g/mol. The second-order valence-corrected chi connectivity index (χ2v) is 6.94. The molecule has 1 amide bonds. The third-order valence-electron chi connectivity index (χ3n) is 5.34. The van der Waals surface area contributed by atoms with Crippen molar-refractivity contribution in [2.45, 2.75) is 18.9 Å². The number of benzene rings is 2. The fourth-order valence-corrected chi connectivity index (χ4v) is 3.89. The van der Waals surface area contributed by atoms with Crippen LogP contribution in [0.4, 0.5) is 10.1 Å². The number of rotatable bonds is 4. The van der Waals surface area contributed by atoms with Crippen LogP contribution in [0.15, 0.2) is 53.6 Å². The Morgan fingerprint density at radius 1 is 1.17 bits per heavy atom. The third kappa shape index (κ3) is 3.16. The number of ketones is 1. The summed E-state index contributed by atoms with van der Waals surface area (Å²) < 4.78 is 20.1. The van der Waals surface area contributed by atoms with Gasteiger partial charge in [-0.05, 0) is 41.8 Å². The van der Waals surface area contributed by atoms with Crippen molar-refractivity contribution in [2.24, 2.45) is 0 Å². The van der Waals surface area contributed by atoms with Gasteiger partial charge in [-0.1, -0.05) is 18.2 Å². The van der Waals surface area contributed by atoms with Crippen LogP contribution < -0.4 is 9.64 Å². The molecule has 2 aromatic carbocycles. The molecule has 4 rings (SSSR count). The lowest BCUT2D eigenvalue weighted by Crippen LogP contribution is -2.44. The van der Waals surface area contributed by atoms with E-state index in [0.717, 1.165) is 10.5 Å². The van der Waals surface area contributed by atoms with Gasteiger partial charge in [0.1, 0.15) is 11.6 Å². The van der Waals surface area contributed by atoms with Crippen LogP contribution in [0.25, 0.3) is 11.1 Å². The van der Waals surface area contributed by atoms with E-state index in [9.17, 15) is 24.1 Å². The number of hydrogen-bond donors (Lipinski definition) is 0. The zero-order valence-electron chi connectivity index (χ0n) is 15.6. The largest absolute Gasteiger partial charge is 0.497 e. The second-order valence-electron chi connectivity index (χ2n) is 6.94. The van der Waals surface area contributed by atoms with Crippen LogP contribution in [0, 0.1) is 15.9 Å². The van der Waals surface area contributed by atoms with E-state index in [1.807, 2.05) is 0 Å². The first-order chi connectivity index (χ1) is 13.9. The molecular formula is C21H17FN2O5. The summed E-state index contributed by atoms with van der Waals surface area (Å²) in [6, 6.07) is 10.2. The van der Waals surface area contributed by atoms with Gasteiger partial charge in [0.05, 0.1) is 24.9 Å². The van der Waals surface area contributed by atoms with Crippen molar-refractivity contribution in [3.8, 4) is 16.9 Å². The molecule has 1 aliphatic heterocycles. The molecule has 1 atom stereocenters. The molecule has 0 N–H and O–H groups in total. The quantitative estimate of drug-likeness (QED) is 0.585. The maximum absolute atomic E-state index is 14.9. The van der Waals surface area contributed by atoms with E-state index in [0.29, 0.717) is 11.3 Å². The summed E-state index contributed by atoms with van der Waals surface area (Å²) in [6.45, 7) is -0.322. The Labute approximate surface area is 165 Å². The predicted molar refractivity (Wildman–Crippen MR) is 103 cm³/mol. The van der Waals surface area contributed by atoms with Gasteiger partial charge in [0.15, 0.2) is 5.78 Å². The van der Waals surface area contributed by atoms with Gasteiger partial charge in [-0.15, -0.1) is 0 Å². The molecule has 0 saturated carbocycles. The molecule has 0 saturated heterocycles. The molecule has 0 aromatic heterocycles. The summed E-state index contributed by atoms with van der Waals surface area (Å²) in [4.78, 5) is 37.0. The molecule has 1 aliphatic carbocycles. The van der Waals surface area contributed by atoms with Crippen molar-refractivity contribution in [3.05, 3.63) is 69.5 Å². The minimum absolute atomic E-state index is 0.0736. The highest BCUT2D eigenvalue weighted by molar-refractivity contribution is 6.20. The lowest BCUT2D eigenvalue weighted by Gasteiger charge is -2.28. The average Bonchev–Trinajstić information content (AvgIpc) is 3.17. The molecule has 2 aromatic rings. The number of carbonyl (C=O) groups is 2. The third-order valence-corrected chi connectivity index (χ3v) is 5.34. The predicted octanol–water partition coefficient (Wildman–Crippen LogP) is 3.15. The summed E-state index contributed by atoms with van der Waals surface area (Å²) in [5.41, 5.74) is 1.33. The Morgan fingerprint density at radius 2 is 1.93 bits per heavy atom. The summed E-state index contributed by atoms with van der Waals surface area (Å²) in [7, 11) is 1.53. The van der Waals surface area contributed by atoms with Gasteiger partial charge in [-0.25, -0.2) is 4.39 Å². The van der Waals surface area contributed by atoms with Crippen LogP contribution >= 0.6 is 0 Å². The topological polar surface area (TPSA) is 89.8 Å². The van der Waals surface area contributed by atoms with Crippen molar-refractivity contribution >= 4 is 17.4 Å². The Hall–Kier alpha value is -3.55. The lowest BCUT2D eigenvalue weighted by atomic mass is 9.98. The van der Waals surface area contributed by atoms with Gasteiger partial charge < -0.3 is 4.74 Å². The molecule has 148 valence electrons. The number of halogens is 1. The summed E-state index contributed by atoms with van der Waals surface area (Å²) in [5, 5.41) is 11.3. The van der Waals surface area contributed by atoms with Gasteiger partial charge in [-0.2, -0.15) is 0 Å². The highest BCUT2D eigenvalue weighted by Crippen LogP contribution is 2.37. The summed E-state index contributed by atoms with van der Waals surface area (Å²) in [5.74, 6) is -1.12. The van der Waals surface area contributed by atoms with Crippen LogP contribution in [0.1, 0.15) is 12.8 Å². The van der Waals surface area contributed by atoms with E-state index in [1.165, 1.54) is 19.2 Å². The van der Waals surface area contributed by atoms with Crippen LogP contribution in [0.3, 0.4) is 0 Å². The van der Waals surface area contributed by atoms with E-state index in [1.54, 1.807) is 30.3 Å². The van der Waals surface area contributed by atoms with E-state index in [4.69, 9.17) is 4.74 Å². The van der Waals surface area contributed by atoms with Crippen molar-refractivity contribution in [1.82, 2.24) is 0 Å². The van der Waals surface area contributed by atoms with Gasteiger partial charge in [0.25, 0.3) is 5.91 Å². The smallest absolute Gasteiger partial charge is 0.262 e. The minimum Gasteiger partial charge on any atom is -0.497 e. The van der Waals surface area contributed by atoms with Gasteiger partial charge in [0, 0.05) is 16.9 Å². The van der Waals surface area contributed by atoms with Gasteiger partial charge in [0.2, 0.25) is 6.04 Å². The Bertz CT molecular complexity index is 1080. The van der Waals surface area contributed by atoms with Crippen LogP contribution in [-0.2, 0) is 9.59 Å². The standard InChI is InChI=1S/C21H17FN2O5/c1-29-14-4-2-3-12(9-14)13-5-7-17(16(22)10-13)23-11-19(25)15-6-8-18(24(27)28)20(15)21(23)26/h2-5,7,9-10,18H,6,8,11H2,1H3. The Kier molecular flexibility index (Phi) is 4.62. The number of carbonyl (C=O) groups excluding carboxylic acids is 2. The first-order valence-electron chi connectivity index (χ1n) is 9.06. The van der Waals surface area contributed by atoms with Gasteiger partial charge >= 0.3 is 0 Å². The number of anilines is 1. The molecule has 1 unspecified atom stereocenters. The van der Waals surface area contributed by atoms with Crippen molar-refractivity contribution in [3.63, 3.8) is 0 Å². The van der Waals surface area contributed by atoms with E-state index in [-0.39, 0.29) is 42.0 Å². The number of nitrogens with zero attached hydrogens (tertiary/aromatic N) is 2. The Morgan fingerprint density at radius 3 is 2.62 bits per heavy atom. The molecular weight excluding hydrogens is 379 g/mol. The highest BCUT2D eigenvalue weighted by Gasteiger charge is 2.46. The SMILES string of the molecule is COc1cccc(-c2ccc(N3CC(=O)C4=C(C3=O)C([N+](=O)[O-])CC4)c(F)c2)c1. The van der Waals surface area contributed by atoms with Crippen molar-refractivity contribution < 1.29 is 23.6 Å². The van der Waals surface area contributed by atoms with E-state index >= 15 is 0 Å². The normalized spacial score (nSPS) is 18.8. The van der Waals surface area contributed by atoms with E-state index in [2.05, 4.69) is 0 Å². The lowest BCUT2D eigenvalue weighted by molar-refractivity contribution is -0.510. The fourth-order valence-electron chi connectivity index (χ4n) is 3.89. The first-order valence-corrected chi connectivity index (χ1v) is 9.06. The average molecular weight is 396 g/mol. The molecule has 2 aliphatic rings. The van der Waals surface area contributed by atoms with Crippen LogP contribution in [-0.4, -0.2) is 36.3 Å². The minimum atomic E-state index is -1.22. The van der Waals surface area contributed by atoms with Crippen LogP contribution in [0.2, 0.25) is 0 Å². The van der Waals surface area contributed by atoms with E-state index < -0.39 is 22.7 Å². The first kappa shape index (κ1) is 18.8. The zero-order chi connectivity index (χ0) is 20.7. The van der Waals surface area contributed by atoms with Crippen molar-refractivity contribution in [1.29, 1.82) is 0 Å². The summed E-state index contributed by atoms with van der Waals surface area (Å²) >= 11 is 0. The fraction of sp³-hybridized carbons (Fsp3) is 0.238. The molecule has 7 nitrogen and oxygen atoms in total. The van der Waals surface area contributed by atoms with Crippen LogP contribution in [0.5, 0.6) is 5.75 Å². The summed E-state index contributed by atoms with van der Waals surface area (Å²) in [6.07, 6.45) is 0.316. The number of ether oxygens (including phenoxy) is 1. The molecule has 0 fully saturated rings. The molecule has 0 bridgehead atoms.